The fourth-order valence-electron chi connectivity index (χ4n) is 2.82. The maximum Gasteiger partial charge on any atom is 0.231 e. The predicted octanol–water partition coefficient (Wildman–Crippen LogP) is 4.22. The normalized spacial score (nSPS) is 12.8. The largest absolute Gasteiger partial charge is 0.454 e. The summed E-state index contributed by atoms with van der Waals surface area (Å²) in [5.74, 6) is 1.59. The molecule has 0 aliphatic carbocycles. The molecular formula is C21H26N2O2S. The van der Waals surface area contributed by atoms with E-state index in [0.717, 1.165) is 28.7 Å². The van der Waals surface area contributed by atoms with Gasteiger partial charge in [-0.2, -0.15) is 0 Å². The molecule has 1 heterocycles. The highest BCUT2D eigenvalue weighted by Crippen LogP contribution is 2.32. The molecule has 0 saturated carbocycles. The summed E-state index contributed by atoms with van der Waals surface area (Å²) in [5.41, 5.74) is 3.87. The van der Waals surface area contributed by atoms with Gasteiger partial charge in [-0.15, -0.1) is 0 Å². The minimum Gasteiger partial charge on any atom is -0.454 e. The van der Waals surface area contributed by atoms with Gasteiger partial charge in [0, 0.05) is 20.1 Å². The van der Waals surface area contributed by atoms with Gasteiger partial charge in [0.1, 0.15) is 0 Å². The Bertz CT molecular complexity index is 782. The van der Waals surface area contributed by atoms with Crippen LogP contribution in [0, 0.1) is 0 Å². The molecule has 1 aliphatic rings. The van der Waals surface area contributed by atoms with Crippen molar-refractivity contribution >= 4 is 17.3 Å². The minimum absolute atomic E-state index is 0.173. The van der Waals surface area contributed by atoms with Crippen molar-refractivity contribution in [3.05, 3.63) is 59.2 Å². The molecular weight excluding hydrogens is 344 g/mol. The number of benzene rings is 2. The van der Waals surface area contributed by atoms with Gasteiger partial charge in [0.25, 0.3) is 0 Å². The topological polar surface area (TPSA) is 33.7 Å². The van der Waals surface area contributed by atoms with Crippen molar-refractivity contribution < 1.29 is 9.47 Å². The first-order valence-electron chi connectivity index (χ1n) is 8.80. The molecule has 1 aliphatic heterocycles. The van der Waals surface area contributed by atoms with E-state index in [2.05, 4.69) is 55.3 Å². The zero-order valence-corrected chi connectivity index (χ0v) is 16.7. The van der Waals surface area contributed by atoms with Gasteiger partial charge in [-0.1, -0.05) is 51.1 Å². The molecule has 0 amide bonds. The quantitative estimate of drug-likeness (QED) is 0.815. The van der Waals surface area contributed by atoms with Crippen molar-refractivity contribution in [3.8, 4) is 11.5 Å². The fraction of sp³-hybridized carbons (Fsp3) is 0.381. The SMILES string of the molecule is CN(Cc1ccc(C(C)(C)C)cc1)C(=S)NCc1ccc2c(c1)OCO2. The van der Waals surface area contributed by atoms with Crippen LogP contribution in [0.1, 0.15) is 37.5 Å². The highest BCUT2D eigenvalue weighted by molar-refractivity contribution is 7.80. The number of nitrogens with zero attached hydrogens (tertiary/aromatic N) is 1. The third-order valence-corrected chi connectivity index (χ3v) is 4.92. The van der Waals surface area contributed by atoms with Crippen LogP contribution in [0.25, 0.3) is 0 Å². The first kappa shape index (κ1) is 18.5. The standard InChI is InChI=1S/C21H26N2O2S/c1-21(2,3)17-8-5-15(6-9-17)13-23(4)20(26)22-12-16-7-10-18-19(11-16)25-14-24-18/h5-11H,12-14H2,1-4H3,(H,22,26). The number of thiocarbonyl (C=S) groups is 1. The molecule has 0 fully saturated rings. The van der Waals surface area contributed by atoms with Crippen LogP contribution in [0.4, 0.5) is 0 Å². The third kappa shape index (κ3) is 4.47. The first-order valence-corrected chi connectivity index (χ1v) is 9.21. The lowest BCUT2D eigenvalue weighted by Gasteiger charge is -2.23. The monoisotopic (exact) mass is 370 g/mol. The maximum absolute atomic E-state index is 5.52. The first-order chi connectivity index (χ1) is 12.3. The van der Waals surface area contributed by atoms with Crippen LogP contribution in [-0.4, -0.2) is 23.9 Å². The van der Waals surface area contributed by atoms with Crippen molar-refractivity contribution in [2.45, 2.75) is 39.3 Å². The summed E-state index contributed by atoms with van der Waals surface area (Å²) in [7, 11) is 2.01. The Morgan fingerprint density at radius 1 is 1.04 bits per heavy atom. The van der Waals surface area contributed by atoms with Gasteiger partial charge in [0.2, 0.25) is 6.79 Å². The van der Waals surface area contributed by atoms with Gasteiger partial charge in [-0.05, 0) is 46.5 Å². The highest BCUT2D eigenvalue weighted by atomic mass is 32.1. The van der Waals surface area contributed by atoms with Crippen LogP contribution in [0.3, 0.4) is 0 Å². The van der Waals surface area contributed by atoms with Crippen molar-refractivity contribution in [2.24, 2.45) is 0 Å². The van der Waals surface area contributed by atoms with E-state index in [1.54, 1.807) is 0 Å². The van der Waals surface area contributed by atoms with Crippen LogP contribution in [-0.2, 0) is 18.5 Å². The van der Waals surface area contributed by atoms with Gasteiger partial charge in [-0.3, -0.25) is 0 Å². The smallest absolute Gasteiger partial charge is 0.231 e. The Kier molecular flexibility index (Phi) is 5.37. The van der Waals surface area contributed by atoms with Gasteiger partial charge in [0.15, 0.2) is 16.6 Å². The van der Waals surface area contributed by atoms with Crippen molar-refractivity contribution in [3.63, 3.8) is 0 Å². The Balaban J connectivity index is 1.53. The molecule has 138 valence electrons. The molecule has 0 atom stereocenters. The molecule has 2 aromatic carbocycles. The zero-order valence-electron chi connectivity index (χ0n) is 15.8. The summed E-state index contributed by atoms with van der Waals surface area (Å²) in [6, 6.07) is 14.7. The van der Waals surface area contributed by atoms with E-state index in [4.69, 9.17) is 21.7 Å². The number of ether oxygens (including phenoxy) is 2. The second kappa shape index (κ2) is 7.54. The molecule has 0 aromatic heterocycles. The fourth-order valence-corrected chi connectivity index (χ4v) is 2.96. The molecule has 0 spiro atoms. The average Bonchev–Trinajstić information content (AvgIpc) is 3.07. The van der Waals surface area contributed by atoms with E-state index in [1.807, 2.05) is 25.2 Å². The van der Waals surface area contributed by atoms with E-state index in [1.165, 1.54) is 11.1 Å². The number of fused-ring (bicyclic) bond motifs is 1. The summed E-state index contributed by atoms with van der Waals surface area (Å²) in [4.78, 5) is 2.05. The van der Waals surface area contributed by atoms with Crippen LogP contribution in [0.15, 0.2) is 42.5 Å². The predicted molar refractivity (Wildman–Crippen MR) is 109 cm³/mol. The lowest BCUT2D eigenvalue weighted by Crippen LogP contribution is -2.36. The zero-order chi connectivity index (χ0) is 18.7. The van der Waals surface area contributed by atoms with Gasteiger partial charge < -0.3 is 19.7 Å². The Morgan fingerprint density at radius 3 is 2.38 bits per heavy atom. The van der Waals surface area contributed by atoms with Crippen molar-refractivity contribution in [2.75, 3.05) is 13.8 Å². The molecule has 1 N–H and O–H groups in total. The highest BCUT2D eigenvalue weighted by Gasteiger charge is 2.15. The van der Waals surface area contributed by atoms with E-state index >= 15 is 0 Å². The molecule has 5 heteroatoms. The molecule has 4 nitrogen and oxygen atoms in total. The summed E-state index contributed by atoms with van der Waals surface area (Å²) in [6.45, 7) is 8.40. The second-order valence-corrected chi connectivity index (χ2v) is 8.04. The summed E-state index contributed by atoms with van der Waals surface area (Å²) in [5, 5.41) is 4.03. The second-order valence-electron chi connectivity index (χ2n) is 7.65. The van der Waals surface area contributed by atoms with E-state index in [0.29, 0.717) is 13.3 Å². The summed E-state index contributed by atoms with van der Waals surface area (Å²) >= 11 is 5.52. The maximum atomic E-state index is 5.52. The number of nitrogens with one attached hydrogen (secondary N) is 1. The van der Waals surface area contributed by atoms with Crippen molar-refractivity contribution in [1.29, 1.82) is 0 Å². The van der Waals surface area contributed by atoms with Gasteiger partial charge in [-0.25, -0.2) is 0 Å². The molecule has 0 radical (unpaired) electrons. The number of hydrogen-bond donors (Lipinski definition) is 1. The van der Waals surface area contributed by atoms with E-state index in [9.17, 15) is 0 Å². The van der Waals surface area contributed by atoms with Crippen molar-refractivity contribution in [1.82, 2.24) is 10.2 Å². The molecule has 0 bridgehead atoms. The third-order valence-electron chi connectivity index (χ3n) is 4.47. The van der Waals surface area contributed by atoms with Gasteiger partial charge in [0.05, 0.1) is 0 Å². The molecule has 26 heavy (non-hydrogen) atoms. The lowest BCUT2D eigenvalue weighted by atomic mass is 9.87. The van der Waals surface area contributed by atoms with E-state index < -0.39 is 0 Å². The van der Waals surface area contributed by atoms with Gasteiger partial charge >= 0.3 is 0 Å². The van der Waals surface area contributed by atoms with Crippen LogP contribution in [0.2, 0.25) is 0 Å². The van der Waals surface area contributed by atoms with Crippen LogP contribution >= 0.6 is 12.2 Å². The summed E-state index contributed by atoms with van der Waals surface area (Å²) < 4.78 is 10.7. The molecule has 2 aromatic rings. The number of rotatable bonds is 4. The lowest BCUT2D eigenvalue weighted by molar-refractivity contribution is 0.174. The molecule has 3 rings (SSSR count). The molecule has 0 saturated heterocycles. The Hall–Kier alpha value is -2.27. The van der Waals surface area contributed by atoms with Crippen LogP contribution < -0.4 is 14.8 Å². The Labute approximate surface area is 161 Å². The summed E-state index contributed by atoms with van der Waals surface area (Å²) in [6.07, 6.45) is 0. The average molecular weight is 371 g/mol. The minimum atomic E-state index is 0.173. The van der Waals surface area contributed by atoms with Crippen LogP contribution in [0.5, 0.6) is 11.5 Å². The Morgan fingerprint density at radius 2 is 1.69 bits per heavy atom. The molecule has 0 unspecified atom stereocenters. The number of hydrogen-bond acceptors (Lipinski definition) is 3. The van der Waals surface area contributed by atoms with E-state index in [-0.39, 0.29) is 5.41 Å².